The van der Waals surface area contributed by atoms with Gasteiger partial charge in [-0.15, -0.1) is 0 Å². The zero-order chi connectivity index (χ0) is 13.4. The monoisotopic (exact) mass is 323 g/mol. The van der Waals surface area contributed by atoms with Crippen molar-refractivity contribution in [3.8, 4) is 0 Å². The summed E-state index contributed by atoms with van der Waals surface area (Å²) in [6, 6.07) is 6.07. The summed E-state index contributed by atoms with van der Waals surface area (Å²) in [5.41, 5.74) is 8.11. The lowest BCUT2D eigenvalue weighted by Crippen LogP contribution is -2.21. The summed E-state index contributed by atoms with van der Waals surface area (Å²) in [6.45, 7) is 3.92. The fourth-order valence-electron chi connectivity index (χ4n) is 2.89. The lowest BCUT2D eigenvalue weighted by atomic mass is 9.99. The standard InChI is InChI=1S/C14H18BrN3O/c1-2-13-9(5-6-19-13)8-18-12-7-10(15)3-4-11(12)17-14(18)16/h3-4,7,9,13H,2,5-6,8H2,1H3,(H2,16,17). The molecule has 3 rings (SSSR count). The van der Waals surface area contributed by atoms with Gasteiger partial charge in [0.1, 0.15) is 0 Å². The Morgan fingerprint density at radius 1 is 1.53 bits per heavy atom. The van der Waals surface area contributed by atoms with Crippen molar-refractivity contribution in [3.05, 3.63) is 22.7 Å². The summed E-state index contributed by atoms with van der Waals surface area (Å²) in [4.78, 5) is 4.43. The van der Waals surface area contributed by atoms with Gasteiger partial charge in [0.2, 0.25) is 5.95 Å². The number of anilines is 1. The van der Waals surface area contributed by atoms with E-state index in [1.165, 1.54) is 0 Å². The number of ether oxygens (including phenoxy) is 1. The Hall–Kier alpha value is -1.07. The molecule has 0 spiro atoms. The summed E-state index contributed by atoms with van der Waals surface area (Å²) in [7, 11) is 0. The molecule has 1 aromatic heterocycles. The third kappa shape index (κ3) is 2.37. The number of hydrogen-bond donors (Lipinski definition) is 1. The molecule has 19 heavy (non-hydrogen) atoms. The first-order valence-corrected chi connectivity index (χ1v) is 7.51. The number of imidazole rings is 1. The van der Waals surface area contributed by atoms with Crippen LogP contribution in [0.1, 0.15) is 19.8 Å². The average Bonchev–Trinajstić information content (AvgIpc) is 2.96. The molecular formula is C14H18BrN3O. The first-order chi connectivity index (χ1) is 9.19. The van der Waals surface area contributed by atoms with E-state index in [1.54, 1.807) is 0 Å². The quantitative estimate of drug-likeness (QED) is 0.943. The number of nitrogens with zero attached hydrogens (tertiary/aromatic N) is 2. The van der Waals surface area contributed by atoms with Crippen molar-refractivity contribution in [3.63, 3.8) is 0 Å². The maximum atomic E-state index is 6.06. The van der Waals surface area contributed by atoms with Gasteiger partial charge in [-0.3, -0.25) is 0 Å². The number of fused-ring (bicyclic) bond motifs is 1. The van der Waals surface area contributed by atoms with Gasteiger partial charge in [-0.1, -0.05) is 22.9 Å². The minimum absolute atomic E-state index is 0.351. The van der Waals surface area contributed by atoms with Crippen LogP contribution in [0, 0.1) is 5.92 Å². The summed E-state index contributed by atoms with van der Waals surface area (Å²) >= 11 is 3.51. The molecule has 5 heteroatoms. The smallest absolute Gasteiger partial charge is 0.201 e. The number of nitrogen functional groups attached to an aromatic ring is 1. The van der Waals surface area contributed by atoms with Gasteiger partial charge in [0.15, 0.2) is 0 Å². The molecule has 2 atom stereocenters. The van der Waals surface area contributed by atoms with Gasteiger partial charge in [0.05, 0.1) is 17.1 Å². The Labute approximate surface area is 121 Å². The molecule has 0 aliphatic carbocycles. The lowest BCUT2D eigenvalue weighted by molar-refractivity contribution is 0.0839. The van der Waals surface area contributed by atoms with Crippen LogP contribution in [0.5, 0.6) is 0 Å². The van der Waals surface area contributed by atoms with Crippen molar-refractivity contribution in [1.29, 1.82) is 0 Å². The predicted molar refractivity (Wildman–Crippen MR) is 80.0 cm³/mol. The maximum absolute atomic E-state index is 6.06. The first-order valence-electron chi connectivity index (χ1n) is 6.72. The third-order valence-electron chi connectivity index (χ3n) is 3.91. The molecule has 2 aromatic rings. The highest BCUT2D eigenvalue weighted by Crippen LogP contribution is 2.29. The number of benzene rings is 1. The molecule has 1 fully saturated rings. The normalized spacial score (nSPS) is 23.3. The van der Waals surface area contributed by atoms with Crippen LogP contribution in [0.2, 0.25) is 0 Å². The van der Waals surface area contributed by atoms with E-state index in [1.807, 2.05) is 12.1 Å². The molecule has 0 saturated carbocycles. The van der Waals surface area contributed by atoms with Crippen LogP contribution >= 0.6 is 15.9 Å². The molecule has 1 aromatic carbocycles. The van der Waals surface area contributed by atoms with Crippen LogP contribution < -0.4 is 5.73 Å². The van der Waals surface area contributed by atoms with E-state index in [0.717, 1.165) is 41.5 Å². The Morgan fingerprint density at radius 3 is 3.16 bits per heavy atom. The highest BCUT2D eigenvalue weighted by Gasteiger charge is 2.28. The summed E-state index contributed by atoms with van der Waals surface area (Å²) in [5.74, 6) is 1.12. The number of halogens is 1. The molecule has 0 amide bonds. The van der Waals surface area contributed by atoms with E-state index in [2.05, 4.69) is 38.5 Å². The largest absolute Gasteiger partial charge is 0.378 e. The van der Waals surface area contributed by atoms with Crippen molar-refractivity contribution in [1.82, 2.24) is 9.55 Å². The van der Waals surface area contributed by atoms with E-state index in [9.17, 15) is 0 Å². The summed E-state index contributed by atoms with van der Waals surface area (Å²) < 4.78 is 8.92. The van der Waals surface area contributed by atoms with Crippen molar-refractivity contribution >= 4 is 32.9 Å². The highest BCUT2D eigenvalue weighted by molar-refractivity contribution is 9.10. The molecule has 2 N–H and O–H groups in total. The molecule has 102 valence electrons. The molecule has 4 nitrogen and oxygen atoms in total. The van der Waals surface area contributed by atoms with E-state index in [0.29, 0.717) is 18.0 Å². The molecule has 1 aliphatic rings. The van der Waals surface area contributed by atoms with Crippen LogP contribution in [0.15, 0.2) is 22.7 Å². The van der Waals surface area contributed by atoms with Crippen molar-refractivity contribution in [2.45, 2.75) is 32.4 Å². The predicted octanol–water partition coefficient (Wildman–Crippen LogP) is 3.20. The minimum Gasteiger partial charge on any atom is -0.378 e. The Kier molecular flexibility index (Phi) is 3.50. The van der Waals surface area contributed by atoms with E-state index in [4.69, 9.17) is 10.5 Å². The molecular weight excluding hydrogens is 306 g/mol. The SMILES string of the molecule is CCC1OCCC1Cn1c(N)nc2ccc(Br)cc21. The number of aromatic nitrogens is 2. The third-order valence-corrected chi connectivity index (χ3v) is 4.40. The second-order valence-electron chi connectivity index (χ2n) is 5.08. The molecule has 1 aliphatic heterocycles. The number of rotatable bonds is 3. The van der Waals surface area contributed by atoms with Gasteiger partial charge in [-0.25, -0.2) is 4.98 Å². The van der Waals surface area contributed by atoms with Gasteiger partial charge in [-0.2, -0.15) is 0 Å². The molecule has 0 radical (unpaired) electrons. The topological polar surface area (TPSA) is 53.1 Å². The van der Waals surface area contributed by atoms with E-state index >= 15 is 0 Å². The Bertz CT molecular complexity index is 596. The second-order valence-corrected chi connectivity index (χ2v) is 6.00. The Morgan fingerprint density at radius 2 is 2.37 bits per heavy atom. The van der Waals surface area contributed by atoms with Gasteiger partial charge in [-0.05, 0) is 31.0 Å². The zero-order valence-corrected chi connectivity index (χ0v) is 12.6. The van der Waals surface area contributed by atoms with Crippen LogP contribution in [0.25, 0.3) is 11.0 Å². The van der Waals surface area contributed by atoms with Gasteiger partial charge in [0, 0.05) is 23.5 Å². The second kappa shape index (κ2) is 5.13. The van der Waals surface area contributed by atoms with E-state index in [-0.39, 0.29) is 0 Å². The zero-order valence-electron chi connectivity index (χ0n) is 11.0. The lowest BCUT2D eigenvalue weighted by Gasteiger charge is -2.18. The van der Waals surface area contributed by atoms with Gasteiger partial charge >= 0.3 is 0 Å². The van der Waals surface area contributed by atoms with Crippen LogP contribution in [-0.4, -0.2) is 22.3 Å². The first kappa shape index (κ1) is 12.9. The van der Waals surface area contributed by atoms with Crippen LogP contribution in [0.3, 0.4) is 0 Å². The molecule has 1 saturated heterocycles. The fraction of sp³-hybridized carbons (Fsp3) is 0.500. The highest BCUT2D eigenvalue weighted by atomic mass is 79.9. The van der Waals surface area contributed by atoms with Gasteiger partial charge < -0.3 is 15.0 Å². The maximum Gasteiger partial charge on any atom is 0.201 e. The molecule has 2 heterocycles. The van der Waals surface area contributed by atoms with Gasteiger partial charge in [0.25, 0.3) is 0 Å². The number of nitrogens with two attached hydrogens (primary N) is 1. The molecule has 2 unspecified atom stereocenters. The van der Waals surface area contributed by atoms with Crippen LogP contribution in [-0.2, 0) is 11.3 Å². The van der Waals surface area contributed by atoms with Crippen molar-refractivity contribution in [2.24, 2.45) is 5.92 Å². The fourth-order valence-corrected chi connectivity index (χ4v) is 3.24. The average molecular weight is 324 g/mol. The minimum atomic E-state index is 0.351. The van der Waals surface area contributed by atoms with Crippen molar-refractivity contribution < 1.29 is 4.74 Å². The summed E-state index contributed by atoms with van der Waals surface area (Å²) in [6.07, 6.45) is 2.51. The Balaban J connectivity index is 1.95. The van der Waals surface area contributed by atoms with Crippen molar-refractivity contribution in [2.75, 3.05) is 12.3 Å². The molecule has 0 bridgehead atoms. The van der Waals surface area contributed by atoms with Crippen LogP contribution in [0.4, 0.5) is 5.95 Å². The summed E-state index contributed by atoms with van der Waals surface area (Å²) in [5, 5.41) is 0. The van der Waals surface area contributed by atoms with E-state index < -0.39 is 0 Å². The number of hydrogen-bond acceptors (Lipinski definition) is 3.